The lowest BCUT2D eigenvalue weighted by Gasteiger charge is -2.04. The van der Waals surface area contributed by atoms with Crippen LogP contribution in [0, 0.1) is 0 Å². The number of thiophene rings is 1. The molecule has 98 valence electrons. The van der Waals surface area contributed by atoms with Gasteiger partial charge in [-0.25, -0.2) is 4.79 Å². The number of ether oxygens (including phenoxy) is 1. The topological polar surface area (TPSA) is 63.6 Å². The zero-order valence-corrected chi connectivity index (χ0v) is 10.9. The zero-order chi connectivity index (χ0) is 13.7. The van der Waals surface area contributed by atoms with Gasteiger partial charge >= 0.3 is 5.97 Å². The summed E-state index contributed by atoms with van der Waals surface area (Å²) in [5.41, 5.74) is 1.07. The number of carbonyl (C=O) groups is 2. The molecule has 1 aromatic carbocycles. The molecule has 1 heterocycles. The number of benzene rings is 1. The fraction of sp³-hybridized carbons (Fsp3) is 0.143. The van der Waals surface area contributed by atoms with Gasteiger partial charge in [0.15, 0.2) is 6.61 Å². The second-order valence-electron chi connectivity index (χ2n) is 3.83. The summed E-state index contributed by atoms with van der Waals surface area (Å²) in [4.78, 5) is 23.9. The van der Waals surface area contributed by atoms with Crippen molar-refractivity contribution in [3.8, 4) is 0 Å². The van der Waals surface area contributed by atoms with E-state index in [1.807, 2.05) is 0 Å². The summed E-state index contributed by atoms with van der Waals surface area (Å²) in [6.45, 7) is -0.340. The molecule has 1 N–H and O–H groups in total. The Morgan fingerprint density at radius 2 is 1.89 bits per heavy atom. The van der Waals surface area contributed by atoms with Gasteiger partial charge in [0.1, 0.15) is 0 Å². The Labute approximate surface area is 114 Å². The molecule has 1 aromatic heterocycles. The molecule has 0 aliphatic carbocycles. The van der Waals surface area contributed by atoms with Crippen LogP contribution < -0.4 is 0 Å². The number of rotatable bonds is 5. The summed E-state index contributed by atoms with van der Waals surface area (Å²) in [5, 5.41) is 10.7. The predicted octanol–water partition coefficient (Wildman–Crippen LogP) is 2.28. The molecule has 4 nitrogen and oxygen atoms in total. The van der Waals surface area contributed by atoms with Crippen LogP contribution in [0.4, 0.5) is 0 Å². The number of esters is 1. The van der Waals surface area contributed by atoms with Crippen LogP contribution in [0.15, 0.2) is 41.8 Å². The highest BCUT2D eigenvalue weighted by Crippen LogP contribution is 2.10. The SMILES string of the molecule is O=C(OCC(=O)c1cccs1)c1ccc(CO)cc1. The summed E-state index contributed by atoms with van der Waals surface area (Å²) < 4.78 is 4.94. The molecule has 0 radical (unpaired) electrons. The fourth-order valence-electron chi connectivity index (χ4n) is 1.47. The van der Waals surface area contributed by atoms with Gasteiger partial charge in [0.25, 0.3) is 0 Å². The molecular weight excluding hydrogens is 264 g/mol. The molecule has 0 spiro atoms. The average Bonchev–Trinajstić information content (AvgIpc) is 2.98. The Morgan fingerprint density at radius 3 is 2.47 bits per heavy atom. The van der Waals surface area contributed by atoms with Crippen LogP contribution in [-0.4, -0.2) is 23.5 Å². The minimum absolute atomic E-state index is 0.0772. The number of aliphatic hydroxyl groups is 1. The highest BCUT2D eigenvalue weighted by Gasteiger charge is 2.12. The van der Waals surface area contributed by atoms with Crippen molar-refractivity contribution < 1.29 is 19.4 Å². The summed E-state index contributed by atoms with van der Waals surface area (Å²) in [6.07, 6.45) is 0. The summed E-state index contributed by atoms with van der Waals surface area (Å²) in [6, 6.07) is 9.85. The van der Waals surface area contributed by atoms with Crippen molar-refractivity contribution in [3.05, 3.63) is 57.8 Å². The molecule has 0 atom stereocenters. The van der Waals surface area contributed by atoms with Crippen LogP contribution in [0.25, 0.3) is 0 Å². The molecule has 0 bridgehead atoms. The third-order valence-electron chi connectivity index (χ3n) is 2.50. The number of ketones is 1. The molecule has 2 aromatic rings. The number of hydrogen-bond acceptors (Lipinski definition) is 5. The Morgan fingerprint density at radius 1 is 1.16 bits per heavy atom. The van der Waals surface area contributed by atoms with Crippen molar-refractivity contribution in [2.24, 2.45) is 0 Å². The number of hydrogen-bond donors (Lipinski definition) is 1. The normalized spacial score (nSPS) is 10.2. The zero-order valence-electron chi connectivity index (χ0n) is 10.0. The van der Waals surface area contributed by atoms with Gasteiger partial charge in [-0.3, -0.25) is 4.79 Å². The van der Waals surface area contributed by atoms with Gasteiger partial charge in [0, 0.05) is 0 Å². The van der Waals surface area contributed by atoms with E-state index < -0.39 is 5.97 Å². The molecule has 0 saturated carbocycles. The van der Waals surface area contributed by atoms with E-state index >= 15 is 0 Å². The maximum Gasteiger partial charge on any atom is 0.338 e. The van der Waals surface area contributed by atoms with Crippen LogP contribution in [0.2, 0.25) is 0 Å². The van der Waals surface area contributed by atoms with E-state index in [4.69, 9.17) is 9.84 Å². The quantitative estimate of drug-likeness (QED) is 0.672. The van der Waals surface area contributed by atoms with E-state index in [1.165, 1.54) is 11.3 Å². The first kappa shape index (κ1) is 13.5. The number of Topliss-reactive ketones (excluding diaryl/α,β-unsaturated/α-hetero) is 1. The lowest BCUT2D eigenvalue weighted by molar-refractivity contribution is 0.0476. The average molecular weight is 276 g/mol. The highest BCUT2D eigenvalue weighted by molar-refractivity contribution is 7.12. The van der Waals surface area contributed by atoms with Crippen molar-refractivity contribution in [2.45, 2.75) is 6.61 Å². The van der Waals surface area contributed by atoms with E-state index in [9.17, 15) is 9.59 Å². The molecule has 2 rings (SSSR count). The second-order valence-corrected chi connectivity index (χ2v) is 4.78. The molecule has 0 unspecified atom stereocenters. The van der Waals surface area contributed by atoms with Crippen LogP contribution in [-0.2, 0) is 11.3 Å². The van der Waals surface area contributed by atoms with Crippen molar-refractivity contribution in [3.63, 3.8) is 0 Å². The minimum atomic E-state index is -0.547. The smallest absolute Gasteiger partial charge is 0.338 e. The first-order valence-corrected chi connectivity index (χ1v) is 6.52. The molecule has 0 aliphatic rings. The van der Waals surface area contributed by atoms with E-state index in [-0.39, 0.29) is 19.0 Å². The summed E-state index contributed by atoms with van der Waals surface area (Å²) >= 11 is 1.31. The van der Waals surface area contributed by atoms with Gasteiger partial charge in [-0.1, -0.05) is 18.2 Å². The molecular formula is C14H12O4S. The van der Waals surface area contributed by atoms with Gasteiger partial charge in [-0.05, 0) is 29.1 Å². The largest absolute Gasteiger partial charge is 0.454 e. The van der Waals surface area contributed by atoms with Crippen LogP contribution in [0.5, 0.6) is 0 Å². The van der Waals surface area contributed by atoms with Crippen LogP contribution in [0.3, 0.4) is 0 Å². The maximum absolute atomic E-state index is 11.7. The van der Waals surface area contributed by atoms with E-state index in [0.717, 1.165) is 0 Å². The molecule has 0 saturated heterocycles. The summed E-state index contributed by atoms with van der Waals surface area (Å²) in [7, 11) is 0. The first-order valence-electron chi connectivity index (χ1n) is 5.64. The minimum Gasteiger partial charge on any atom is -0.454 e. The van der Waals surface area contributed by atoms with E-state index in [2.05, 4.69) is 0 Å². The van der Waals surface area contributed by atoms with Crippen molar-refractivity contribution in [1.82, 2.24) is 0 Å². The van der Waals surface area contributed by atoms with Crippen molar-refractivity contribution in [1.29, 1.82) is 0 Å². The van der Waals surface area contributed by atoms with Crippen LogP contribution in [0.1, 0.15) is 25.6 Å². The Balaban J connectivity index is 1.92. The van der Waals surface area contributed by atoms with Crippen LogP contribution >= 0.6 is 11.3 Å². The molecule has 19 heavy (non-hydrogen) atoms. The second kappa shape index (κ2) is 6.26. The monoisotopic (exact) mass is 276 g/mol. The van der Waals surface area contributed by atoms with E-state index in [1.54, 1.807) is 41.8 Å². The number of carbonyl (C=O) groups excluding carboxylic acids is 2. The van der Waals surface area contributed by atoms with Gasteiger partial charge in [-0.2, -0.15) is 0 Å². The standard InChI is InChI=1S/C14H12O4S/c15-8-10-3-5-11(6-4-10)14(17)18-9-12(16)13-2-1-7-19-13/h1-7,15H,8-9H2. The Bertz CT molecular complexity index is 558. The lowest BCUT2D eigenvalue weighted by Crippen LogP contribution is -2.13. The maximum atomic E-state index is 11.7. The molecule has 0 fully saturated rings. The number of aliphatic hydroxyl groups excluding tert-OH is 1. The van der Waals surface area contributed by atoms with Gasteiger partial charge < -0.3 is 9.84 Å². The third kappa shape index (κ3) is 3.49. The Kier molecular flexibility index (Phi) is 4.43. The fourth-order valence-corrected chi connectivity index (χ4v) is 2.12. The molecule has 0 amide bonds. The third-order valence-corrected chi connectivity index (χ3v) is 3.41. The summed E-state index contributed by atoms with van der Waals surface area (Å²) in [5.74, 6) is -0.760. The van der Waals surface area contributed by atoms with Gasteiger partial charge in [-0.15, -0.1) is 11.3 Å². The van der Waals surface area contributed by atoms with Crippen molar-refractivity contribution >= 4 is 23.1 Å². The highest BCUT2D eigenvalue weighted by atomic mass is 32.1. The van der Waals surface area contributed by atoms with Gasteiger partial charge in [0.2, 0.25) is 5.78 Å². The first-order chi connectivity index (χ1) is 9.20. The van der Waals surface area contributed by atoms with E-state index in [0.29, 0.717) is 16.0 Å². The van der Waals surface area contributed by atoms with Crippen molar-refractivity contribution in [2.75, 3.05) is 6.61 Å². The molecule has 0 aliphatic heterocycles. The predicted molar refractivity (Wildman–Crippen MR) is 71.3 cm³/mol. The molecule has 5 heteroatoms. The Hall–Kier alpha value is -1.98. The lowest BCUT2D eigenvalue weighted by atomic mass is 10.1. The van der Waals surface area contributed by atoms with Gasteiger partial charge in [0.05, 0.1) is 17.0 Å².